The molecule has 0 unspecified atom stereocenters. The maximum Gasteiger partial charge on any atom is 0.410 e. The van der Waals surface area contributed by atoms with Gasteiger partial charge in [0.25, 0.3) is 5.91 Å². The van der Waals surface area contributed by atoms with Crippen molar-refractivity contribution in [3.63, 3.8) is 0 Å². The minimum absolute atomic E-state index is 0.279. The number of methoxy groups -OCH3 is 1. The predicted octanol–water partition coefficient (Wildman–Crippen LogP) is 4.13. The van der Waals surface area contributed by atoms with Crippen molar-refractivity contribution in [2.75, 3.05) is 20.2 Å². The molecule has 1 aliphatic heterocycles. The van der Waals surface area contributed by atoms with Crippen molar-refractivity contribution in [2.45, 2.75) is 39.8 Å². The number of rotatable bonds is 4. The van der Waals surface area contributed by atoms with Gasteiger partial charge >= 0.3 is 6.09 Å². The fourth-order valence-electron chi connectivity index (χ4n) is 3.15. The lowest BCUT2D eigenvalue weighted by Crippen LogP contribution is -2.53. The highest BCUT2D eigenvalue weighted by molar-refractivity contribution is 7.09. The normalized spacial score (nSPS) is 15.1. The maximum atomic E-state index is 12.8. The number of carbonyl (C=O) groups is 2. The number of benzene rings is 1. The summed E-state index contributed by atoms with van der Waals surface area (Å²) in [7, 11) is 1.50. The lowest BCUT2D eigenvalue weighted by Gasteiger charge is -2.39. The molecular formula is C21H26ClN3O4S. The minimum Gasteiger partial charge on any atom is -0.496 e. The molecule has 0 aliphatic carbocycles. The van der Waals surface area contributed by atoms with Crippen molar-refractivity contribution in [2.24, 2.45) is 10.9 Å². The van der Waals surface area contributed by atoms with E-state index in [0.717, 1.165) is 4.88 Å². The molecule has 162 valence electrons. The summed E-state index contributed by atoms with van der Waals surface area (Å²) in [6, 6.07) is 4.87. The quantitative estimate of drug-likeness (QED) is 0.700. The van der Waals surface area contributed by atoms with Crippen LogP contribution >= 0.6 is 22.9 Å². The number of ether oxygens (including phenoxy) is 2. The van der Waals surface area contributed by atoms with E-state index in [1.807, 2.05) is 38.5 Å². The predicted molar refractivity (Wildman–Crippen MR) is 116 cm³/mol. The number of hydrogen-bond donors (Lipinski definition) is 0. The molecule has 0 N–H and O–H groups in total. The fraction of sp³-hybridized carbons (Fsp3) is 0.476. The van der Waals surface area contributed by atoms with E-state index in [2.05, 4.69) is 4.99 Å². The minimum atomic E-state index is -0.505. The van der Waals surface area contributed by atoms with Gasteiger partial charge in [0.05, 0.1) is 12.7 Å². The molecule has 2 heterocycles. The Hall–Kier alpha value is -2.32. The zero-order valence-electron chi connectivity index (χ0n) is 17.8. The Bertz CT molecular complexity index is 1020. The Morgan fingerprint density at radius 2 is 2.00 bits per heavy atom. The number of nitrogens with zero attached hydrogens (tertiary/aromatic N) is 3. The van der Waals surface area contributed by atoms with Crippen LogP contribution < -0.4 is 9.54 Å². The van der Waals surface area contributed by atoms with Crippen molar-refractivity contribution >= 4 is 34.9 Å². The van der Waals surface area contributed by atoms with Crippen LogP contribution in [0.15, 0.2) is 29.4 Å². The highest BCUT2D eigenvalue weighted by atomic mass is 35.5. The molecule has 1 aliphatic rings. The Morgan fingerprint density at radius 3 is 2.63 bits per heavy atom. The molecule has 3 rings (SSSR count). The molecule has 0 saturated carbocycles. The van der Waals surface area contributed by atoms with E-state index < -0.39 is 11.5 Å². The second-order valence-electron chi connectivity index (χ2n) is 8.29. The number of aromatic nitrogens is 1. The molecular weight excluding hydrogens is 426 g/mol. The second kappa shape index (κ2) is 8.81. The lowest BCUT2D eigenvalue weighted by molar-refractivity contribution is -0.00343. The number of halogens is 1. The fourth-order valence-corrected chi connectivity index (χ4v) is 4.17. The first kappa shape index (κ1) is 22.4. The third-order valence-corrected chi connectivity index (χ3v) is 5.66. The van der Waals surface area contributed by atoms with Crippen LogP contribution in [0.1, 0.15) is 36.0 Å². The zero-order chi connectivity index (χ0) is 22.1. The van der Waals surface area contributed by atoms with E-state index in [4.69, 9.17) is 21.1 Å². The smallest absolute Gasteiger partial charge is 0.410 e. The van der Waals surface area contributed by atoms with Crippen LogP contribution in [0, 0.1) is 12.8 Å². The van der Waals surface area contributed by atoms with E-state index in [-0.39, 0.29) is 12.0 Å². The summed E-state index contributed by atoms with van der Waals surface area (Å²) in [6.07, 6.45) is 1.68. The van der Waals surface area contributed by atoms with Gasteiger partial charge in [-0.05, 0) is 45.9 Å². The molecule has 0 atom stereocenters. The molecule has 9 heteroatoms. The molecule has 7 nitrogen and oxygen atoms in total. The van der Waals surface area contributed by atoms with Crippen LogP contribution in [-0.2, 0) is 11.3 Å². The van der Waals surface area contributed by atoms with Gasteiger partial charge in [0.2, 0.25) is 0 Å². The number of carbonyl (C=O) groups excluding carboxylic acids is 2. The lowest BCUT2D eigenvalue weighted by atomic mass is 10.0. The average molecular weight is 452 g/mol. The van der Waals surface area contributed by atoms with Crippen molar-refractivity contribution in [1.29, 1.82) is 0 Å². The van der Waals surface area contributed by atoms with Gasteiger partial charge in [0, 0.05) is 41.6 Å². The van der Waals surface area contributed by atoms with E-state index in [1.54, 1.807) is 23.1 Å². The largest absolute Gasteiger partial charge is 0.496 e. The molecule has 2 aromatic rings. The second-order valence-corrected chi connectivity index (χ2v) is 9.94. The van der Waals surface area contributed by atoms with Crippen molar-refractivity contribution in [3.05, 3.63) is 44.7 Å². The summed E-state index contributed by atoms with van der Waals surface area (Å²) in [5.74, 6) is 0.301. The van der Waals surface area contributed by atoms with E-state index in [9.17, 15) is 9.59 Å². The van der Waals surface area contributed by atoms with Gasteiger partial charge < -0.3 is 18.9 Å². The standard InChI is InChI=1S/C21H26ClN3O4S/c1-13-9-24(10-14-11-25(12-14)20(27)29-21(2,3)4)19(30-13)23-18(26)16-8-15(22)6-7-17(16)28-5/h6-9,14H,10-12H2,1-5H3/b23-19-. The third-order valence-electron chi connectivity index (χ3n) is 4.49. The van der Waals surface area contributed by atoms with Gasteiger partial charge in [0.15, 0.2) is 4.80 Å². The zero-order valence-corrected chi connectivity index (χ0v) is 19.3. The van der Waals surface area contributed by atoms with Crippen LogP contribution in [0.4, 0.5) is 4.79 Å². The van der Waals surface area contributed by atoms with E-state index in [1.165, 1.54) is 18.4 Å². The molecule has 1 aromatic carbocycles. The van der Waals surface area contributed by atoms with E-state index in [0.29, 0.717) is 40.8 Å². The van der Waals surface area contributed by atoms with Gasteiger partial charge in [-0.2, -0.15) is 4.99 Å². The van der Waals surface area contributed by atoms with Crippen molar-refractivity contribution in [3.8, 4) is 5.75 Å². The Kier molecular flexibility index (Phi) is 6.57. The highest BCUT2D eigenvalue weighted by Gasteiger charge is 2.34. The van der Waals surface area contributed by atoms with Gasteiger partial charge in [-0.3, -0.25) is 4.79 Å². The summed E-state index contributed by atoms with van der Waals surface area (Å²) >= 11 is 7.48. The average Bonchev–Trinajstić information content (AvgIpc) is 2.94. The number of aryl methyl sites for hydroxylation is 1. The van der Waals surface area contributed by atoms with Crippen LogP contribution in [0.2, 0.25) is 5.02 Å². The van der Waals surface area contributed by atoms with Crippen LogP contribution in [0.25, 0.3) is 0 Å². The van der Waals surface area contributed by atoms with Crippen molar-refractivity contribution in [1.82, 2.24) is 9.47 Å². The highest BCUT2D eigenvalue weighted by Crippen LogP contribution is 2.24. The number of hydrogen-bond acceptors (Lipinski definition) is 5. The SMILES string of the molecule is COc1ccc(Cl)cc1C(=O)/N=c1\sc(C)cn1CC1CN(C(=O)OC(C)(C)C)C1. The topological polar surface area (TPSA) is 73.1 Å². The van der Waals surface area contributed by atoms with Gasteiger partial charge in [0.1, 0.15) is 11.4 Å². The molecule has 0 radical (unpaired) electrons. The van der Waals surface area contributed by atoms with Crippen LogP contribution in [-0.4, -0.2) is 47.3 Å². The molecule has 2 amide bonds. The number of amides is 2. The van der Waals surface area contributed by atoms with Gasteiger partial charge in [-0.25, -0.2) is 4.79 Å². The number of likely N-dealkylation sites (tertiary alicyclic amines) is 1. The molecule has 0 bridgehead atoms. The molecule has 1 aromatic heterocycles. The maximum absolute atomic E-state index is 12.8. The third kappa shape index (κ3) is 5.43. The monoisotopic (exact) mass is 451 g/mol. The summed E-state index contributed by atoms with van der Waals surface area (Å²) in [5, 5.41) is 0.446. The summed E-state index contributed by atoms with van der Waals surface area (Å²) in [6.45, 7) is 9.43. The first-order chi connectivity index (χ1) is 14.1. The Balaban J connectivity index is 1.72. The molecule has 1 saturated heterocycles. The molecule has 30 heavy (non-hydrogen) atoms. The van der Waals surface area contributed by atoms with Crippen molar-refractivity contribution < 1.29 is 19.1 Å². The summed E-state index contributed by atoms with van der Waals surface area (Å²) in [4.78, 5) is 32.5. The van der Waals surface area contributed by atoms with Crippen LogP contribution in [0.3, 0.4) is 0 Å². The summed E-state index contributed by atoms with van der Waals surface area (Å²) in [5.41, 5.74) is -0.183. The Morgan fingerprint density at radius 1 is 1.30 bits per heavy atom. The van der Waals surface area contributed by atoms with Gasteiger partial charge in [-0.15, -0.1) is 11.3 Å². The summed E-state index contributed by atoms with van der Waals surface area (Å²) < 4.78 is 12.6. The molecule has 0 spiro atoms. The first-order valence-corrected chi connectivity index (χ1v) is 10.8. The van der Waals surface area contributed by atoms with E-state index >= 15 is 0 Å². The molecule has 1 fully saturated rings. The Labute approximate surface area is 184 Å². The van der Waals surface area contributed by atoms with Gasteiger partial charge in [-0.1, -0.05) is 11.6 Å². The first-order valence-electron chi connectivity index (χ1n) is 9.63. The number of thiazole rings is 1. The van der Waals surface area contributed by atoms with Crippen LogP contribution in [0.5, 0.6) is 5.75 Å².